The van der Waals surface area contributed by atoms with Crippen molar-refractivity contribution in [2.45, 2.75) is 19.9 Å². The highest BCUT2D eigenvalue weighted by Gasteiger charge is 2.26. The van der Waals surface area contributed by atoms with Crippen LogP contribution >= 0.6 is 11.3 Å². The smallest absolute Gasteiger partial charge is 0.274 e. The largest absolute Gasteiger partial charge is 0.355 e. The number of amides is 1. The molecule has 0 aromatic carbocycles. The van der Waals surface area contributed by atoms with Gasteiger partial charge in [0.25, 0.3) is 5.91 Å². The predicted octanol–water partition coefficient (Wildman–Crippen LogP) is 3.98. The fourth-order valence-electron chi connectivity index (χ4n) is 2.63. The molecule has 0 bridgehead atoms. The van der Waals surface area contributed by atoms with Crippen LogP contribution in [0.1, 0.15) is 36.3 Å². The lowest BCUT2D eigenvalue weighted by Crippen LogP contribution is -2.32. The lowest BCUT2D eigenvalue weighted by molar-refractivity contribution is 0.0904. The van der Waals surface area contributed by atoms with Crippen LogP contribution in [0, 0.1) is 5.92 Å². The Balaban J connectivity index is 1.53. The van der Waals surface area contributed by atoms with Gasteiger partial charge < -0.3 is 14.4 Å². The molecule has 0 radical (unpaired) electrons. The maximum atomic E-state index is 12.7. The van der Waals surface area contributed by atoms with Crippen LogP contribution in [0.3, 0.4) is 0 Å². The highest BCUT2D eigenvalue weighted by atomic mass is 32.1. The van der Waals surface area contributed by atoms with Crippen molar-refractivity contribution in [2.75, 3.05) is 0 Å². The van der Waals surface area contributed by atoms with E-state index in [9.17, 15) is 4.79 Å². The summed E-state index contributed by atoms with van der Waals surface area (Å²) in [6, 6.07) is 8.56. The zero-order valence-electron chi connectivity index (χ0n) is 15.2. The number of carbonyl (C=O) groups is 1. The van der Waals surface area contributed by atoms with Crippen LogP contribution in [-0.4, -0.2) is 26.2 Å². The third-order valence-electron chi connectivity index (χ3n) is 4.11. The SMILES string of the molecule is CC(C)C(NC(=O)c1cc(-c2cccs2)on1)c1nc(-c2ccncc2)no1. The number of hydrogen-bond acceptors (Lipinski definition) is 8. The quantitative estimate of drug-likeness (QED) is 0.526. The summed E-state index contributed by atoms with van der Waals surface area (Å²) in [5.41, 5.74) is 0.985. The Bertz CT molecular complexity index is 1060. The molecule has 0 saturated heterocycles. The maximum Gasteiger partial charge on any atom is 0.274 e. The van der Waals surface area contributed by atoms with Crippen LogP contribution in [0.25, 0.3) is 22.0 Å². The fourth-order valence-corrected chi connectivity index (χ4v) is 3.30. The lowest BCUT2D eigenvalue weighted by atomic mass is 10.0. The lowest BCUT2D eigenvalue weighted by Gasteiger charge is -2.17. The molecule has 0 aliphatic rings. The van der Waals surface area contributed by atoms with Gasteiger partial charge in [0.2, 0.25) is 11.7 Å². The molecule has 0 fully saturated rings. The number of aromatic nitrogens is 4. The standard InChI is InChI=1S/C19H17N5O3S/c1-11(2)16(19-22-17(24-27-19)12-5-7-20-8-6-12)21-18(25)13-10-14(26-23-13)15-4-3-9-28-15/h3-11,16H,1-2H3,(H,21,25). The van der Waals surface area contributed by atoms with Crippen molar-refractivity contribution in [2.24, 2.45) is 5.92 Å². The molecule has 0 saturated carbocycles. The van der Waals surface area contributed by atoms with Crippen molar-refractivity contribution in [1.82, 2.24) is 25.6 Å². The Kier molecular flexibility index (Phi) is 4.98. The van der Waals surface area contributed by atoms with E-state index >= 15 is 0 Å². The van der Waals surface area contributed by atoms with E-state index in [4.69, 9.17) is 9.05 Å². The van der Waals surface area contributed by atoms with Crippen LogP contribution in [0.2, 0.25) is 0 Å². The maximum absolute atomic E-state index is 12.7. The van der Waals surface area contributed by atoms with Crippen molar-refractivity contribution in [1.29, 1.82) is 0 Å². The minimum atomic E-state index is -0.461. The molecule has 1 amide bonds. The number of carbonyl (C=O) groups excluding carboxylic acids is 1. The molecule has 0 aliphatic heterocycles. The fraction of sp³-hybridized carbons (Fsp3) is 0.211. The van der Waals surface area contributed by atoms with E-state index in [1.807, 2.05) is 31.4 Å². The molecular formula is C19H17N5O3S. The molecule has 0 aliphatic carbocycles. The monoisotopic (exact) mass is 395 g/mol. The summed E-state index contributed by atoms with van der Waals surface area (Å²) in [7, 11) is 0. The molecule has 9 heteroatoms. The molecular weight excluding hydrogens is 378 g/mol. The Morgan fingerprint density at radius 2 is 1.96 bits per heavy atom. The summed E-state index contributed by atoms with van der Waals surface area (Å²) >= 11 is 1.51. The molecule has 1 N–H and O–H groups in total. The number of thiophene rings is 1. The number of hydrogen-bond donors (Lipinski definition) is 1. The van der Waals surface area contributed by atoms with E-state index in [0.29, 0.717) is 17.5 Å². The van der Waals surface area contributed by atoms with Crippen LogP contribution in [0.15, 0.2) is 57.2 Å². The number of nitrogens with zero attached hydrogens (tertiary/aromatic N) is 4. The zero-order valence-corrected chi connectivity index (χ0v) is 16.0. The Morgan fingerprint density at radius 3 is 2.68 bits per heavy atom. The van der Waals surface area contributed by atoms with E-state index in [-0.39, 0.29) is 17.5 Å². The molecule has 4 aromatic heterocycles. The van der Waals surface area contributed by atoms with Crippen molar-refractivity contribution >= 4 is 17.2 Å². The number of rotatable bonds is 6. The van der Waals surface area contributed by atoms with Gasteiger partial charge in [-0.25, -0.2) is 0 Å². The first-order valence-electron chi connectivity index (χ1n) is 8.67. The minimum Gasteiger partial charge on any atom is -0.355 e. The summed E-state index contributed by atoms with van der Waals surface area (Å²) in [6.45, 7) is 3.92. The van der Waals surface area contributed by atoms with E-state index in [1.165, 1.54) is 11.3 Å². The highest BCUT2D eigenvalue weighted by molar-refractivity contribution is 7.13. The average Bonchev–Trinajstić information content (AvgIpc) is 3.47. The molecule has 4 heterocycles. The van der Waals surface area contributed by atoms with E-state index in [1.54, 1.807) is 30.6 Å². The second-order valence-electron chi connectivity index (χ2n) is 6.44. The summed E-state index contributed by atoms with van der Waals surface area (Å²) in [5, 5.41) is 12.7. The highest BCUT2D eigenvalue weighted by Crippen LogP contribution is 2.26. The number of nitrogens with one attached hydrogen (secondary N) is 1. The second kappa shape index (κ2) is 7.73. The third kappa shape index (κ3) is 3.70. The van der Waals surface area contributed by atoms with Crippen LogP contribution in [0.4, 0.5) is 0 Å². The van der Waals surface area contributed by atoms with Gasteiger partial charge in [0.05, 0.1) is 4.88 Å². The summed E-state index contributed by atoms with van der Waals surface area (Å²) in [4.78, 5) is 22.0. The first-order chi connectivity index (χ1) is 13.6. The van der Waals surface area contributed by atoms with Gasteiger partial charge in [-0.15, -0.1) is 11.3 Å². The van der Waals surface area contributed by atoms with Crippen molar-refractivity contribution in [3.8, 4) is 22.0 Å². The van der Waals surface area contributed by atoms with Gasteiger partial charge in [-0.3, -0.25) is 9.78 Å². The van der Waals surface area contributed by atoms with Gasteiger partial charge in [0, 0.05) is 24.0 Å². The summed E-state index contributed by atoms with van der Waals surface area (Å²) in [6.07, 6.45) is 3.31. The van der Waals surface area contributed by atoms with Gasteiger partial charge >= 0.3 is 0 Å². The van der Waals surface area contributed by atoms with Crippen molar-refractivity contribution < 1.29 is 13.8 Å². The zero-order chi connectivity index (χ0) is 19.5. The van der Waals surface area contributed by atoms with Crippen LogP contribution < -0.4 is 5.32 Å². The second-order valence-corrected chi connectivity index (χ2v) is 7.39. The van der Waals surface area contributed by atoms with Gasteiger partial charge in [-0.05, 0) is 29.5 Å². The van der Waals surface area contributed by atoms with E-state index in [2.05, 4.69) is 25.6 Å². The van der Waals surface area contributed by atoms with E-state index < -0.39 is 6.04 Å². The Morgan fingerprint density at radius 1 is 1.14 bits per heavy atom. The van der Waals surface area contributed by atoms with Gasteiger partial charge in [-0.1, -0.05) is 30.2 Å². The van der Waals surface area contributed by atoms with Gasteiger partial charge in [-0.2, -0.15) is 4.98 Å². The summed E-state index contributed by atoms with van der Waals surface area (Å²) in [5.74, 6) is 0.988. The van der Waals surface area contributed by atoms with Gasteiger partial charge in [0.1, 0.15) is 6.04 Å². The number of pyridine rings is 1. The third-order valence-corrected chi connectivity index (χ3v) is 4.99. The molecule has 142 valence electrons. The Labute approximate surface area is 164 Å². The molecule has 4 aromatic rings. The molecule has 0 spiro atoms. The summed E-state index contributed by atoms with van der Waals surface area (Å²) < 4.78 is 10.7. The van der Waals surface area contributed by atoms with Gasteiger partial charge in [0.15, 0.2) is 11.5 Å². The molecule has 8 nitrogen and oxygen atoms in total. The van der Waals surface area contributed by atoms with E-state index in [0.717, 1.165) is 10.4 Å². The molecule has 1 unspecified atom stereocenters. The normalized spacial score (nSPS) is 12.2. The topological polar surface area (TPSA) is 107 Å². The molecule has 4 rings (SSSR count). The van der Waals surface area contributed by atoms with Crippen molar-refractivity contribution in [3.05, 3.63) is 59.7 Å². The predicted molar refractivity (Wildman–Crippen MR) is 102 cm³/mol. The minimum absolute atomic E-state index is 0.0263. The first kappa shape index (κ1) is 18.1. The first-order valence-corrected chi connectivity index (χ1v) is 9.55. The molecule has 28 heavy (non-hydrogen) atoms. The van der Waals surface area contributed by atoms with Crippen LogP contribution in [0.5, 0.6) is 0 Å². The van der Waals surface area contributed by atoms with Crippen LogP contribution in [-0.2, 0) is 0 Å². The Hall–Kier alpha value is -3.33. The molecule has 1 atom stereocenters. The average molecular weight is 395 g/mol. The van der Waals surface area contributed by atoms with Crippen molar-refractivity contribution in [3.63, 3.8) is 0 Å².